The van der Waals surface area contributed by atoms with Crippen molar-refractivity contribution in [2.45, 2.75) is 70.3 Å². The Bertz CT molecular complexity index is 933. The number of anilines is 1. The second-order valence-electron chi connectivity index (χ2n) is 8.53. The van der Waals surface area contributed by atoms with E-state index >= 15 is 0 Å². The van der Waals surface area contributed by atoms with Gasteiger partial charge in [0.15, 0.2) is 0 Å². The monoisotopic (exact) mass is 446 g/mol. The van der Waals surface area contributed by atoms with Crippen LogP contribution in [0.15, 0.2) is 11.1 Å². The molecule has 9 heteroatoms. The molecule has 4 aliphatic rings. The zero-order chi connectivity index (χ0) is 21.5. The van der Waals surface area contributed by atoms with Crippen LogP contribution >= 0.6 is 11.3 Å². The molecule has 2 amide bonds. The van der Waals surface area contributed by atoms with Crippen molar-refractivity contribution in [3.05, 3.63) is 27.2 Å². The van der Waals surface area contributed by atoms with Gasteiger partial charge in [0.1, 0.15) is 11.2 Å². The van der Waals surface area contributed by atoms with Crippen molar-refractivity contribution in [3.63, 3.8) is 0 Å². The van der Waals surface area contributed by atoms with E-state index in [9.17, 15) is 19.5 Å². The molecule has 2 N–H and O–H groups in total. The molecule has 0 spiro atoms. The Morgan fingerprint density at radius 2 is 1.84 bits per heavy atom. The Morgan fingerprint density at radius 1 is 1.10 bits per heavy atom. The minimum absolute atomic E-state index is 0.160. The molecule has 1 saturated heterocycles. The van der Waals surface area contributed by atoms with E-state index in [0.29, 0.717) is 42.0 Å². The van der Waals surface area contributed by atoms with Gasteiger partial charge >= 0.3 is 5.97 Å². The molecule has 3 aliphatic heterocycles. The highest BCUT2D eigenvalue weighted by molar-refractivity contribution is 7.16. The maximum Gasteiger partial charge on any atom is 0.338 e. The van der Waals surface area contributed by atoms with Crippen LogP contribution in [0.5, 0.6) is 0 Å². The van der Waals surface area contributed by atoms with Gasteiger partial charge in [-0.15, -0.1) is 11.3 Å². The van der Waals surface area contributed by atoms with E-state index in [1.54, 1.807) is 0 Å². The third-order valence-electron chi connectivity index (χ3n) is 6.52. The molecule has 0 bridgehead atoms. The number of thiophene rings is 1. The third kappa shape index (κ3) is 3.79. The summed E-state index contributed by atoms with van der Waals surface area (Å²) in [5.41, 5.74) is 2.32. The molecule has 2 unspecified atom stereocenters. The lowest BCUT2D eigenvalue weighted by atomic mass is 9.93. The first kappa shape index (κ1) is 20.7. The van der Waals surface area contributed by atoms with Gasteiger partial charge in [-0.25, -0.2) is 4.79 Å². The predicted molar refractivity (Wildman–Crippen MR) is 113 cm³/mol. The van der Waals surface area contributed by atoms with Gasteiger partial charge in [-0.3, -0.25) is 14.5 Å². The number of nitrogens with one attached hydrogen (secondary N) is 1. The molecular formula is C22H26N2O6S. The number of rotatable bonds is 5. The standard InChI is InChI=1S/C22H26N2O6S/c25-20-13-5-1-2-6-14(13)21(26)24(20)10-12-9-15-16(11-30-12)31-19(18(15)22(27)28)23-17-7-3-4-8-29-17/h12,17,23H,1-11H2,(H,27,28). The van der Waals surface area contributed by atoms with Crippen molar-refractivity contribution in [1.29, 1.82) is 0 Å². The van der Waals surface area contributed by atoms with Gasteiger partial charge in [0, 0.05) is 29.1 Å². The molecular weight excluding hydrogens is 420 g/mol. The molecule has 0 radical (unpaired) electrons. The quantitative estimate of drug-likeness (QED) is 0.670. The van der Waals surface area contributed by atoms with E-state index in [-0.39, 0.29) is 36.8 Å². The number of imide groups is 1. The summed E-state index contributed by atoms with van der Waals surface area (Å²) in [5.74, 6) is -1.38. The van der Waals surface area contributed by atoms with Crippen molar-refractivity contribution < 1.29 is 29.0 Å². The Kier molecular flexibility index (Phi) is 5.58. The Labute approximate surface area is 184 Å². The highest BCUT2D eigenvalue weighted by Gasteiger charge is 2.41. The molecule has 31 heavy (non-hydrogen) atoms. The van der Waals surface area contributed by atoms with Crippen LogP contribution in [-0.2, 0) is 32.1 Å². The molecule has 1 aromatic rings. The molecule has 0 saturated carbocycles. The van der Waals surface area contributed by atoms with Crippen molar-refractivity contribution >= 4 is 34.1 Å². The van der Waals surface area contributed by atoms with Crippen LogP contribution in [0.25, 0.3) is 0 Å². The molecule has 0 aromatic carbocycles. The zero-order valence-corrected chi connectivity index (χ0v) is 18.1. The summed E-state index contributed by atoms with van der Waals surface area (Å²) in [6.45, 7) is 1.11. The van der Waals surface area contributed by atoms with Crippen molar-refractivity contribution in [2.24, 2.45) is 0 Å². The number of carbonyl (C=O) groups excluding carboxylic acids is 2. The van der Waals surface area contributed by atoms with E-state index in [1.165, 1.54) is 16.2 Å². The van der Waals surface area contributed by atoms with Crippen LogP contribution in [-0.4, -0.2) is 53.3 Å². The van der Waals surface area contributed by atoms with Crippen molar-refractivity contribution in [2.75, 3.05) is 18.5 Å². The van der Waals surface area contributed by atoms with Crippen LogP contribution in [0.2, 0.25) is 0 Å². The molecule has 4 heterocycles. The predicted octanol–water partition coefficient (Wildman–Crippen LogP) is 3.07. The molecule has 2 atom stereocenters. The summed E-state index contributed by atoms with van der Waals surface area (Å²) in [6, 6.07) is 0. The number of carboxylic acids is 1. The summed E-state index contributed by atoms with van der Waals surface area (Å²) in [5, 5.41) is 13.7. The number of carbonyl (C=O) groups is 3. The molecule has 1 fully saturated rings. The topological polar surface area (TPSA) is 105 Å². The Balaban J connectivity index is 1.32. The highest BCUT2D eigenvalue weighted by Crippen LogP contribution is 2.40. The molecule has 166 valence electrons. The zero-order valence-electron chi connectivity index (χ0n) is 17.3. The van der Waals surface area contributed by atoms with Gasteiger partial charge in [-0.2, -0.15) is 0 Å². The fourth-order valence-electron chi connectivity index (χ4n) is 4.94. The second-order valence-corrected chi connectivity index (χ2v) is 9.64. The number of amides is 2. The normalized spacial score (nSPS) is 26.1. The fraction of sp³-hybridized carbons (Fsp3) is 0.591. The van der Waals surface area contributed by atoms with Gasteiger partial charge in [-0.05, 0) is 50.5 Å². The SMILES string of the molecule is O=C(O)c1c(NC2CCCCO2)sc2c1CC(CN1C(=O)C3=C(CCCC3)C1=O)OC2. The lowest BCUT2D eigenvalue weighted by Gasteiger charge is -2.27. The number of aromatic carboxylic acids is 1. The number of hydrogen-bond acceptors (Lipinski definition) is 7. The maximum absolute atomic E-state index is 12.7. The fourth-order valence-corrected chi connectivity index (χ4v) is 6.12. The summed E-state index contributed by atoms with van der Waals surface area (Å²) in [6.07, 6.45) is 5.89. The minimum atomic E-state index is -0.984. The summed E-state index contributed by atoms with van der Waals surface area (Å²) >= 11 is 1.39. The lowest BCUT2D eigenvalue weighted by Crippen LogP contribution is -2.41. The van der Waals surface area contributed by atoms with E-state index in [1.807, 2.05) is 0 Å². The van der Waals surface area contributed by atoms with Gasteiger partial charge in [0.25, 0.3) is 11.8 Å². The maximum atomic E-state index is 12.7. The molecule has 8 nitrogen and oxygen atoms in total. The number of fused-ring (bicyclic) bond motifs is 1. The first-order valence-corrected chi connectivity index (χ1v) is 11.8. The minimum Gasteiger partial charge on any atom is -0.478 e. The van der Waals surface area contributed by atoms with Crippen LogP contribution in [0.1, 0.15) is 65.7 Å². The number of hydrogen-bond donors (Lipinski definition) is 2. The second kappa shape index (κ2) is 8.37. The van der Waals surface area contributed by atoms with Gasteiger partial charge in [0.05, 0.1) is 24.8 Å². The molecule has 1 aliphatic carbocycles. The van der Waals surface area contributed by atoms with Crippen LogP contribution < -0.4 is 5.32 Å². The van der Waals surface area contributed by atoms with Gasteiger partial charge in [0.2, 0.25) is 0 Å². The van der Waals surface area contributed by atoms with E-state index in [0.717, 1.165) is 42.5 Å². The third-order valence-corrected chi connectivity index (χ3v) is 7.66. The number of carboxylic acid groups (broad SMARTS) is 1. The summed E-state index contributed by atoms with van der Waals surface area (Å²) in [4.78, 5) is 39.8. The largest absolute Gasteiger partial charge is 0.478 e. The molecule has 1 aromatic heterocycles. The van der Waals surface area contributed by atoms with E-state index in [2.05, 4.69) is 5.32 Å². The Morgan fingerprint density at radius 3 is 2.48 bits per heavy atom. The van der Waals surface area contributed by atoms with Gasteiger partial charge in [-0.1, -0.05) is 0 Å². The average Bonchev–Trinajstić information content (AvgIpc) is 3.25. The molecule has 5 rings (SSSR count). The highest BCUT2D eigenvalue weighted by atomic mass is 32.1. The van der Waals surface area contributed by atoms with Crippen LogP contribution in [0.4, 0.5) is 5.00 Å². The lowest BCUT2D eigenvalue weighted by molar-refractivity contribution is -0.140. The summed E-state index contributed by atoms with van der Waals surface area (Å²) in [7, 11) is 0. The smallest absolute Gasteiger partial charge is 0.338 e. The number of ether oxygens (including phenoxy) is 2. The first-order chi connectivity index (χ1) is 15.0. The summed E-state index contributed by atoms with van der Waals surface area (Å²) < 4.78 is 11.7. The number of nitrogens with zero attached hydrogens (tertiary/aromatic N) is 1. The Hall–Kier alpha value is -2.23. The first-order valence-electron chi connectivity index (χ1n) is 11.0. The van der Waals surface area contributed by atoms with Crippen molar-refractivity contribution in [1.82, 2.24) is 4.90 Å². The van der Waals surface area contributed by atoms with Crippen LogP contribution in [0, 0.1) is 0 Å². The van der Waals surface area contributed by atoms with Gasteiger partial charge < -0.3 is 19.9 Å². The van der Waals surface area contributed by atoms with Crippen molar-refractivity contribution in [3.8, 4) is 0 Å². The van der Waals surface area contributed by atoms with E-state index in [4.69, 9.17) is 9.47 Å². The average molecular weight is 447 g/mol. The van der Waals surface area contributed by atoms with E-state index < -0.39 is 12.1 Å². The van der Waals surface area contributed by atoms with Crippen LogP contribution in [0.3, 0.4) is 0 Å².